The predicted molar refractivity (Wildman–Crippen MR) is 118 cm³/mol. The van der Waals surface area contributed by atoms with Gasteiger partial charge >= 0.3 is 0 Å². The number of amides is 1. The molecule has 9 heteroatoms. The van der Waals surface area contributed by atoms with E-state index in [1.54, 1.807) is 18.2 Å². The third kappa shape index (κ3) is 5.58. The van der Waals surface area contributed by atoms with E-state index in [-0.39, 0.29) is 10.8 Å². The highest BCUT2D eigenvalue weighted by atomic mass is 35.5. The van der Waals surface area contributed by atoms with Crippen molar-refractivity contribution in [3.63, 3.8) is 0 Å². The molecule has 1 fully saturated rings. The van der Waals surface area contributed by atoms with Gasteiger partial charge in [0.05, 0.1) is 15.3 Å². The summed E-state index contributed by atoms with van der Waals surface area (Å²) in [6, 6.07) is 9.88. The Morgan fingerprint density at radius 2 is 1.97 bits per heavy atom. The smallest absolute Gasteiger partial charge is 0.243 e. The molecule has 158 valence electrons. The van der Waals surface area contributed by atoms with Crippen molar-refractivity contribution in [2.45, 2.75) is 43.7 Å². The van der Waals surface area contributed by atoms with Crippen LogP contribution >= 0.6 is 22.9 Å². The molecule has 6 nitrogen and oxygen atoms in total. The van der Waals surface area contributed by atoms with Gasteiger partial charge in [-0.1, -0.05) is 24.1 Å². The number of carbonyl (C=O) groups excluding carboxylic acids is 1. The number of benzene rings is 1. The van der Waals surface area contributed by atoms with Crippen LogP contribution in [0.1, 0.15) is 31.1 Å². The van der Waals surface area contributed by atoms with Crippen molar-refractivity contribution in [3.05, 3.63) is 45.6 Å². The first kappa shape index (κ1) is 22.2. The fraction of sp³-hybridized carbons (Fsp3) is 0.450. The number of nitrogens with zero attached hydrogens (tertiary/aromatic N) is 2. The quantitative estimate of drug-likeness (QED) is 0.684. The van der Waals surface area contributed by atoms with Crippen LogP contribution in [0.15, 0.2) is 41.3 Å². The van der Waals surface area contributed by atoms with Crippen LogP contribution in [0.2, 0.25) is 4.34 Å². The van der Waals surface area contributed by atoms with E-state index in [2.05, 4.69) is 5.32 Å². The summed E-state index contributed by atoms with van der Waals surface area (Å²) >= 11 is 7.46. The van der Waals surface area contributed by atoms with Crippen molar-refractivity contribution < 1.29 is 13.2 Å². The van der Waals surface area contributed by atoms with Crippen LogP contribution in [0.5, 0.6) is 0 Å². The molecular weight excluding hydrogens is 430 g/mol. The van der Waals surface area contributed by atoms with Crippen LogP contribution in [-0.4, -0.2) is 49.7 Å². The predicted octanol–water partition coefficient (Wildman–Crippen LogP) is 4.04. The standard InChI is InChI=1S/C20H26ClN3O3S2/c1-15(23(2)14-17-9-10-19(21)28-17)20(25)22-16-7-6-8-18(13-16)29(26,27)24-11-4-3-5-12-24/h6-10,13,15H,3-5,11-12,14H2,1-2H3,(H,22,25). The molecule has 1 aliphatic heterocycles. The maximum absolute atomic E-state index is 12.9. The highest BCUT2D eigenvalue weighted by molar-refractivity contribution is 7.89. The van der Waals surface area contributed by atoms with Gasteiger partial charge in [-0.2, -0.15) is 4.31 Å². The maximum Gasteiger partial charge on any atom is 0.243 e. The first-order valence-corrected chi connectivity index (χ1v) is 12.3. The van der Waals surface area contributed by atoms with Gasteiger partial charge in [-0.15, -0.1) is 11.3 Å². The summed E-state index contributed by atoms with van der Waals surface area (Å²) in [6.45, 7) is 3.52. The van der Waals surface area contributed by atoms with E-state index >= 15 is 0 Å². The number of hydrogen-bond acceptors (Lipinski definition) is 5. The Hall–Kier alpha value is -1.45. The second-order valence-electron chi connectivity index (χ2n) is 7.28. The van der Waals surface area contributed by atoms with E-state index in [9.17, 15) is 13.2 Å². The van der Waals surface area contributed by atoms with Gasteiger partial charge in [0.15, 0.2) is 0 Å². The number of halogens is 1. The molecule has 0 radical (unpaired) electrons. The van der Waals surface area contributed by atoms with Crippen molar-refractivity contribution in [2.75, 3.05) is 25.5 Å². The lowest BCUT2D eigenvalue weighted by Gasteiger charge is -2.26. The number of rotatable bonds is 7. The summed E-state index contributed by atoms with van der Waals surface area (Å²) in [7, 11) is -1.66. The van der Waals surface area contributed by atoms with Crippen LogP contribution in [0.3, 0.4) is 0 Å². The van der Waals surface area contributed by atoms with Crippen LogP contribution in [-0.2, 0) is 21.4 Å². The van der Waals surface area contributed by atoms with E-state index in [4.69, 9.17) is 11.6 Å². The van der Waals surface area contributed by atoms with Crippen molar-refractivity contribution in [1.29, 1.82) is 0 Å². The summed E-state index contributed by atoms with van der Waals surface area (Å²) < 4.78 is 28.0. The van der Waals surface area contributed by atoms with Crippen molar-refractivity contribution >= 4 is 44.6 Å². The Bertz CT molecular complexity index is 955. The lowest BCUT2D eigenvalue weighted by molar-refractivity contribution is -0.120. The summed E-state index contributed by atoms with van der Waals surface area (Å²) in [6.07, 6.45) is 2.83. The number of hydrogen-bond donors (Lipinski definition) is 1. The van der Waals surface area contributed by atoms with Crippen molar-refractivity contribution in [3.8, 4) is 0 Å². The minimum atomic E-state index is -3.53. The highest BCUT2D eigenvalue weighted by Crippen LogP contribution is 2.24. The molecule has 29 heavy (non-hydrogen) atoms. The van der Waals surface area contributed by atoms with Crippen molar-refractivity contribution in [1.82, 2.24) is 9.21 Å². The number of likely N-dealkylation sites (N-methyl/N-ethyl adjacent to an activating group) is 1. The van der Waals surface area contributed by atoms with Gasteiger partial charge < -0.3 is 5.32 Å². The number of carbonyl (C=O) groups is 1. The minimum Gasteiger partial charge on any atom is -0.325 e. The van der Waals surface area contributed by atoms with E-state index in [0.717, 1.165) is 28.5 Å². The van der Waals surface area contributed by atoms with Gasteiger partial charge in [0.1, 0.15) is 0 Å². The molecule has 1 aromatic carbocycles. The van der Waals surface area contributed by atoms with Gasteiger partial charge in [-0.05, 0) is 57.1 Å². The molecule has 3 rings (SSSR count). The molecule has 1 amide bonds. The van der Waals surface area contributed by atoms with Crippen LogP contribution < -0.4 is 5.32 Å². The zero-order valence-electron chi connectivity index (χ0n) is 16.6. The molecule has 0 saturated carbocycles. The van der Waals surface area contributed by atoms with E-state index in [1.165, 1.54) is 21.7 Å². The molecule has 1 saturated heterocycles. The van der Waals surface area contributed by atoms with Crippen LogP contribution in [0.4, 0.5) is 5.69 Å². The highest BCUT2D eigenvalue weighted by Gasteiger charge is 2.26. The van der Waals surface area contributed by atoms with Gasteiger partial charge in [0.2, 0.25) is 15.9 Å². The van der Waals surface area contributed by atoms with E-state index < -0.39 is 16.1 Å². The molecule has 2 aromatic rings. The Balaban J connectivity index is 1.66. The Morgan fingerprint density at radius 3 is 2.62 bits per heavy atom. The lowest BCUT2D eigenvalue weighted by Crippen LogP contribution is -2.39. The number of anilines is 1. The molecule has 0 aliphatic carbocycles. The molecular formula is C20H26ClN3O3S2. The molecule has 1 N–H and O–H groups in total. The topological polar surface area (TPSA) is 69.7 Å². The largest absolute Gasteiger partial charge is 0.325 e. The molecule has 1 unspecified atom stereocenters. The first-order valence-electron chi connectivity index (χ1n) is 9.63. The number of nitrogens with one attached hydrogen (secondary N) is 1. The Morgan fingerprint density at radius 1 is 1.24 bits per heavy atom. The number of thiophene rings is 1. The average molecular weight is 456 g/mol. The van der Waals surface area contributed by atoms with Crippen LogP contribution in [0, 0.1) is 0 Å². The molecule has 0 spiro atoms. The normalized spacial score (nSPS) is 16.7. The SMILES string of the molecule is CC(C(=O)Nc1cccc(S(=O)(=O)N2CCCCC2)c1)N(C)Cc1ccc(Cl)s1. The maximum atomic E-state index is 12.9. The van der Waals surface area contributed by atoms with E-state index in [1.807, 2.05) is 31.0 Å². The van der Waals surface area contributed by atoms with Gasteiger partial charge in [-0.25, -0.2) is 8.42 Å². The molecule has 1 atom stereocenters. The summed E-state index contributed by atoms with van der Waals surface area (Å²) in [4.78, 5) is 15.9. The lowest BCUT2D eigenvalue weighted by atomic mass is 10.2. The molecule has 1 aromatic heterocycles. The van der Waals surface area contributed by atoms with Crippen LogP contribution in [0.25, 0.3) is 0 Å². The zero-order valence-corrected chi connectivity index (χ0v) is 19.0. The Kier molecular flexibility index (Phi) is 7.34. The van der Waals surface area contributed by atoms with Gasteiger partial charge in [-0.3, -0.25) is 9.69 Å². The minimum absolute atomic E-state index is 0.192. The fourth-order valence-electron chi connectivity index (χ4n) is 3.25. The Labute approximate surface area is 181 Å². The second-order valence-corrected chi connectivity index (χ2v) is 11.0. The monoisotopic (exact) mass is 455 g/mol. The van der Waals surface area contributed by atoms with Gasteiger partial charge in [0.25, 0.3) is 0 Å². The van der Waals surface area contributed by atoms with Gasteiger partial charge in [0, 0.05) is 30.2 Å². The fourth-order valence-corrected chi connectivity index (χ4v) is 5.97. The molecule has 1 aliphatic rings. The number of piperidine rings is 1. The summed E-state index contributed by atoms with van der Waals surface area (Å²) in [5.41, 5.74) is 0.479. The first-order chi connectivity index (χ1) is 13.8. The van der Waals surface area contributed by atoms with E-state index in [0.29, 0.717) is 25.3 Å². The average Bonchev–Trinajstić information content (AvgIpc) is 3.12. The number of sulfonamides is 1. The zero-order chi connectivity index (χ0) is 21.0. The summed E-state index contributed by atoms with van der Waals surface area (Å²) in [5.74, 6) is -0.192. The third-order valence-electron chi connectivity index (χ3n) is 5.13. The molecule has 0 bridgehead atoms. The second kappa shape index (κ2) is 9.57. The van der Waals surface area contributed by atoms with Crippen molar-refractivity contribution in [2.24, 2.45) is 0 Å². The third-order valence-corrected chi connectivity index (χ3v) is 8.24. The molecule has 2 heterocycles. The summed E-state index contributed by atoms with van der Waals surface area (Å²) in [5, 5.41) is 2.84.